The number of imidazole rings is 1. The lowest BCUT2D eigenvalue weighted by Crippen LogP contribution is -2.11. The zero-order valence-electron chi connectivity index (χ0n) is 16.4. The normalized spacial score (nSPS) is 17.5. The second-order valence-corrected chi connectivity index (χ2v) is 9.39. The van der Waals surface area contributed by atoms with Crippen LogP contribution in [0, 0.1) is 0 Å². The van der Waals surface area contributed by atoms with Gasteiger partial charge in [0.05, 0.1) is 12.5 Å². The molecule has 6 nitrogen and oxygen atoms in total. The van der Waals surface area contributed by atoms with Gasteiger partial charge in [0, 0.05) is 11.5 Å². The predicted octanol–water partition coefficient (Wildman–Crippen LogP) is 4.60. The summed E-state index contributed by atoms with van der Waals surface area (Å²) in [5.74, 6) is -0.574. The Morgan fingerprint density at radius 2 is 2.07 bits per heavy atom. The highest BCUT2D eigenvalue weighted by Gasteiger charge is 2.32. The van der Waals surface area contributed by atoms with E-state index < -0.39 is 9.84 Å². The van der Waals surface area contributed by atoms with Crippen molar-refractivity contribution in [1.82, 2.24) is 9.97 Å². The van der Waals surface area contributed by atoms with E-state index in [1.54, 1.807) is 0 Å². The van der Waals surface area contributed by atoms with Crippen LogP contribution in [-0.4, -0.2) is 28.6 Å². The molecule has 0 saturated carbocycles. The van der Waals surface area contributed by atoms with Crippen molar-refractivity contribution in [1.29, 1.82) is 0 Å². The van der Waals surface area contributed by atoms with Gasteiger partial charge in [-0.25, -0.2) is 13.4 Å². The molecule has 0 bridgehead atoms. The van der Waals surface area contributed by atoms with Crippen LogP contribution in [0.4, 0.5) is 0 Å². The number of unbranched alkanes of at least 4 members (excludes halogenated alkanes) is 2. The molecule has 0 fully saturated rings. The number of phenolic OH excluding ortho intramolecular Hbond substituents is 2. The third kappa shape index (κ3) is 3.94. The first-order valence-corrected chi connectivity index (χ1v) is 11.3. The number of nitrogens with zero attached hydrogens (tertiary/aromatic N) is 1. The molecule has 1 aromatic carbocycles. The van der Waals surface area contributed by atoms with Crippen LogP contribution in [0.25, 0.3) is 0 Å². The molecule has 1 aliphatic carbocycles. The molecule has 1 aliphatic rings. The number of hydrogen-bond donors (Lipinski definition) is 3. The molecule has 1 aromatic heterocycles. The molecule has 28 heavy (non-hydrogen) atoms. The first-order chi connectivity index (χ1) is 13.4. The van der Waals surface area contributed by atoms with Crippen LogP contribution in [0.2, 0.25) is 0 Å². The summed E-state index contributed by atoms with van der Waals surface area (Å²) in [5, 5.41) is 21.7. The van der Waals surface area contributed by atoms with Crippen LogP contribution in [-0.2, 0) is 16.3 Å². The molecule has 0 aliphatic heterocycles. The molecule has 3 N–H and O–H groups in total. The van der Waals surface area contributed by atoms with Gasteiger partial charge in [-0.1, -0.05) is 31.4 Å². The van der Waals surface area contributed by atoms with E-state index >= 15 is 0 Å². The minimum absolute atomic E-state index is 0.0384. The number of benzene rings is 1. The van der Waals surface area contributed by atoms with Crippen LogP contribution < -0.4 is 0 Å². The summed E-state index contributed by atoms with van der Waals surface area (Å²) >= 11 is 0. The Labute approximate surface area is 166 Å². The topological polar surface area (TPSA) is 103 Å². The van der Waals surface area contributed by atoms with Crippen LogP contribution in [0.5, 0.6) is 11.5 Å². The highest BCUT2D eigenvalue weighted by Crippen LogP contribution is 2.46. The summed E-state index contributed by atoms with van der Waals surface area (Å²) in [6, 6.07) is 1.52. The molecule has 0 spiro atoms. The summed E-state index contributed by atoms with van der Waals surface area (Å²) < 4.78 is 26.5. The standard InChI is InChI=1S/C21H28N2O4S/c1-3-4-5-8-16-11-17(24)19(15-9-6-7-14(2)10-15)20(25)21(16)28(26,27)18-12-22-13-23-18/h10-13,15,24-25H,3-9H2,1-2H3,(H,22,23). The number of aryl methyl sites for hydroxylation is 1. The molecule has 152 valence electrons. The number of rotatable bonds is 7. The van der Waals surface area contributed by atoms with Crippen molar-refractivity contribution in [3.63, 3.8) is 0 Å². The molecule has 0 amide bonds. The fraction of sp³-hybridized carbons (Fsp3) is 0.476. The Hall–Kier alpha value is -2.28. The van der Waals surface area contributed by atoms with Crippen LogP contribution in [0.15, 0.2) is 40.2 Å². The fourth-order valence-electron chi connectivity index (χ4n) is 3.96. The third-order valence-corrected chi connectivity index (χ3v) is 7.17. The van der Waals surface area contributed by atoms with Gasteiger partial charge in [0.1, 0.15) is 16.4 Å². The minimum Gasteiger partial charge on any atom is -0.507 e. The number of allylic oxidation sites excluding steroid dienone is 2. The van der Waals surface area contributed by atoms with Gasteiger partial charge in [-0.2, -0.15) is 0 Å². The summed E-state index contributed by atoms with van der Waals surface area (Å²) in [4.78, 5) is 6.33. The number of aromatic amines is 1. The van der Waals surface area contributed by atoms with Gasteiger partial charge >= 0.3 is 0 Å². The summed E-state index contributed by atoms with van der Waals surface area (Å²) in [6.45, 7) is 4.08. The molecular weight excluding hydrogens is 376 g/mol. The maximum atomic E-state index is 13.3. The maximum Gasteiger partial charge on any atom is 0.227 e. The highest BCUT2D eigenvalue weighted by atomic mass is 32.2. The van der Waals surface area contributed by atoms with Crippen molar-refractivity contribution in [3.05, 3.63) is 41.4 Å². The molecular formula is C21H28N2O4S. The summed E-state index contributed by atoms with van der Waals surface area (Å²) in [6.07, 6.45) is 10.4. The molecule has 0 radical (unpaired) electrons. The maximum absolute atomic E-state index is 13.3. The highest BCUT2D eigenvalue weighted by molar-refractivity contribution is 7.91. The van der Waals surface area contributed by atoms with Gasteiger partial charge in [0.2, 0.25) is 9.84 Å². The Balaban J connectivity index is 2.19. The van der Waals surface area contributed by atoms with Crippen LogP contribution in [0.3, 0.4) is 0 Å². The quantitative estimate of drug-likeness (QED) is 0.462. The zero-order chi connectivity index (χ0) is 20.3. The minimum atomic E-state index is -3.99. The molecule has 1 heterocycles. The number of sulfone groups is 1. The van der Waals surface area contributed by atoms with Gasteiger partial charge in [-0.15, -0.1) is 0 Å². The number of hydrogen-bond acceptors (Lipinski definition) is 5. The zero-order valence-corrected chi connectivity index (χ0v) is 17.2. The predicted molar refractivity (Wildman–Crippen MR) is 107 cm³/mol. The van der Waals surface area contributed by atoms with E-state index in [1.165, 1.54) is 24.2 Å². The lowest BCUT2D eigenvalue weighted by Gasteiger charge is -2.24. The van der Waals surface area contributed by atoms with Gasteiger partial charge < -0.3 is 15.2 Å². The Morgan fingerprint density at radius 1 is 1.29 bits per heavy atom. The van der Waals surface area contributed by atoms with E-state index in [0.717, 1.165) is 38.5 Å². The first-order valence-electron chi connectivity index (χ1n) is 9.84. The molecule has 2 aromatic rings. The van der Waals surface area contributed by atoms with E-state index in [2.05, 4.69) is 16.9 Å². The van der Waals surface area contributed by atoms with Gasteiger partial charge in [0.25, 0.3) is 0 Å². The number of phenols is 2. The number of H-pyrrole nitrogens is 1. The Kier molecular flexibility index (Phi) is 6.13. The molecule has 3 rings (SSSR count). The van der Waals surface area contributed by atoms with Crippen molar-refractivity contribution in [3.8, 4) is 11.5 Å². The van der Waals surface area contributed by atoms with Crippen LogP contribution >= 0.6 is 0 Å². The molecule has 0 saturated heterocycles. The monoisotopic (exact) mass is 404 g/mol. The molecule has 1 atom stereocenters. The molecule has 7 heteroatoms. The van der Waals surface area contributed by atoms with Crippen molar-refractivity contribution in [2.45, 2.75) is 74.6 Å². The molecule has 1 unspecified atom stereocenters. The average molecular weight is 405 g/mol. The van der Waals surface area contributed by atoms with E-state index in [-0.39, 0.29) is 27.3 Å². The van der Waals surface area contributed by atoms with E-state index in [9.17, 15) is 18.6 Å². The van der Waals surface area contributed by atoms with Crippen molar-refractivity contribution in [2.24, 2.45) is 0 Å². The Morgan fingerprint density at radius 3 is 2.71 bits per heavy atom. The summed E-state index contributed by atoms with van der Waals surface area (Å²) in [7, 11) is -3.99. The average Bonchev–Trinajstić information content (AvgIpc) is 3.17. The number of nitrogens with one attached hydrogen (secondary N) is 1. The van der Waals surface area contributed by atoms with E-state index in [4.69, 9.17) is 0 Å². The smallest absolute Gasteiger partial charge is 0.227 e. The van der Waals surface area contributed by atoms with Crippen molar-refractivity contribution < 1.29 is 18.6 Å². The SMILES string of the molecule is CCCCCc1cc(O)c(C2C=C(C)CCC2)c(O)c1S(=O)(=O)c1cnc[nH]1. The Bertz CT molecular complexity index is 963. The van der Waals surface area contributed by atoms with Gasteiger partial charge in [0.15, 0.2) is 5.03 Å². The van der Waals surface area contributed by atoms with Gasteiger partial charge in [-0.3, -0.25) is 0 Å². The van der Waals surface area contributed by atoms with Gasteiger partial charge in [-0.05, 0) is 50.7 Å². The second kappa shape index (κ2) is 8.39. The number of aromatic hydroxyl groups is 2. The van der Waals surface area contributed by atoms with Crippen LogP contribution in [0.1, 0.15) is 69.4 Å². The van der Waals surface area contributed by atoms with Crippen molar-refractivity contribution in [2.75, 3.05) is 0 Å². The van der Waals surface area contributed by atoms with E-state index in [1.807, 2.05) is 13.0 Å². The largest absolute Gasteiger partial charge is 0.507 e. The fourth-order valence-corrected chi connectivity index (χ4v) is 5.46. The first kappa shape index (κ1) is 20.5. The second-order valence-electron chi connectivity index (χ2n) is 7.53. The summed E-state index contributed by atoms with van der Waals surface area (Å²) in [5.41, 5.74) is 1.93. The number of aromatic nitrogens is 2. The third-order valence-electron chi connectivity index (χ3n) is 5.37. The lowest BCUT2D eigenvalue weighted by atomic mass is 9.84. The van der Waals surface area contributed by atoms with Crippen molar-refractivity contribution >= 4 is 9.84 Å². The lowest BCUT2D eigenvalue weighted by molar-refractivity contribution is 0.416. The van der Waals surface area contributed by atoms with E-state index in [0.29, 0.717) is 17.5 Å².